The van der Waals surface area contributed by atoms with E-state index in [1.54, 1.807) is 0 Å². The van der Waals surface area contributed by atoms with E-state index in [9.17, 15) is 13.9 Å². The van der Waals surface area contributed by atoms with Gasteiger partial charge in [0.15, 0.2) is 0 Å². The van der Waals surface area contributed by atoms with Gasteiger partial charge in [-0.2, -0.15) is 0 Å². The molecule has 2 atom stereocenters. The van der Waals surface area contributed by atoms with Gasteiger partial charge in [0.1, 0.15) is 11.6 Å². The van der Waals surface area contributed by atoms with E-state index in [4.69, 9.17) is 0 Å². The molecule has 0 spiro atoms. The first kappa shape index (κ1) is 11.5. The van der Waals surface area contributed by atoms with Crippen LogP contribution in [0.2, 0.25) is 0 Å². The van der Waals surface area contributed by atoms with Crippen LogP contribution in [0.15, 0.2) is 18.2 Å². The predicted molar refractivity (Wildman–Crippen MR) is 58.0 cm³/mol. The second-order valence-electron chi connectivity index (χ2n) is 4.77. The lowest BCUT2D eigenvalue weighted by Gasteiger charge is -2.28. The fourth-order valence-corrected chi connectivity index (χ4v) is 2.50. The maximum Gasteiger partial charge on any atom is 0.129 e. The largest absolute Gasteiger partial charge is 0.389 e. The van der Waals surface area contributed by atoms with Gasteiger partial charge in [0, 0.05) is 12.0 Å². The van der Waals surface area contributed by atoms with Crippen LogP contribution in [0, 0.1) is 17.6 Å². The van der Waals surface area contributed by atoms with E-state index >= 15 is 0 Å². The van der Waals surface area contributed by atoms with E-state index in [-0.39, 0.29) is 17.9 Å². The van der Waals surface area contributed by atoms with Gasteiger partial charge < -0.3 is 5.11 Å². The van der Waals surface area contributed by atoms with Crippen molar-refractivity contribution in [1.82, 2.24) is 0 Å². The highest BCUT2D eigenvalue weighted by Crippen LogP contribution is 2.38. The molecule has 0 bridgehead atoms. The minimum Gasteiger partial charge on any atom is -0.389 e. The minimum absolute atomic E-state index is 0.0127. The first-order valence-corrected chi connectivity index (χ1v) is 5.68. The Labute approximate surface area is 94.1 Å². The number of hydrogen-bond acceptors (Lipinski definition) is 1. The van der Waals surface area contributed by atoms with Crippen LogP contribution in [0.1, 0.15) is 31.7 Å². The summed E-state index contributed by atoms with van der Waals surface area (Å²) in [5.41, 5.74) is -0.929. The fraction of sp³-hybridized carbons (Fsp3) is 0.538. The van der Waals surface area contributed by atoms with E-state index in [1.165, 1.54) is 18.2 Å². The first-order chi connectivity index (χ1) is 7.53. The summed E-state index contributed by atoms with van der Waals surface area (Å²) >= 11 is 0. The molecule has 1 nitrogen and oxygen atoms in total. The summed E-state index contributed by atoms with van der Waals surface area (Å²) in [6, 6.07) is 3.82. The SMILES string of the molecule is CC1CCCC1(O)Cc1c(F)cccc1F. The molecule has 0 aliphatic heterocycles. The summed E-state index contributed by atoms with van der Waals surface area (Å²) < 4.78 is 26.9. The van der Waals surface area contributed by atoms with Crippen LogP contribution in [0.3, 0.4) is 0 Å². The molecule has 16 heavy (non-hydrogen) atoms. The molecule has 1 aliphatic rings. The fourth-order valence-electron chi connectivity index (χ4n) is 2.50. The van der Waals surface area contributed by atoms with Crippen LogP contribution in [-0.4, -0.2) is 10.7 Å². The smallest absolute Gasteiger partial charge is 0.129 e. The molecule has 0 amide bonds. The molecule has 2 rings (SSSR count). The zero-order chi connectivity index (χ0) is 11.8. The molecule has 1 aromatic carbocycles. The third kappa shape index (κ3) is 1.96. The highest BCUT2D eigenvalue weighted by atomic mass is 19.1. The van der Waals surface area contributed by atoms with Crippen molar-refractivity contribution in [1.29, 1.82) is 0 Å². The lowest BCUT2D eigenvalue weighted by molar-refractivity contribution is 0.00808. The Morgan fingerprint density at radius 1 is 1.38 bits per heavy atom. The second kappa shape index (κ2) is 4.13. The molecule has 88 valence electrons. The van der Waals surface area contributed by atoms with Crippen molar-refractivity contribution >= 4 is 0 Å². The normalized spacial score (nSPS) is 29.6. The van der Waals surface area contributed by atoms with Crippen molar-refractivity contribution in [2.24, 2.45) is 5.92 Å². The Morgan fingerprint density at radius 2 is 2.00 bits per heavy atom. The number of aliphatic hydroxyl groups is 1. The summed E-state index contributed by atoms with van der Waals surface area (Å²) in [6.45, 7) is 1.94. The summed E-state index contributed by atoms with van der Waals surface area (Å²) in [4.78, 5) is 0. The van der Waals surface area contributed by atoms with Gasteiger partial charge in [-0.1, -0.05) is 19.4 Å². The van der Waals surface area contributed by atoms with Crippen molar-refractivity contribution < 1.29 is 13.9 Å². The quantitative estimate of drug-likeness (QED) is 0.821. The van der Waals surface area contributed by atoms with Gasteiger partial charge in [-0.15, -0.1) is 0 Å². The predicted octanol–water partition coefficient (Wildman–Crippen LogP) is 3.06. The number of halogens is 2. The van der Waals surface area contributed by atoms with Gasteiger partial charge in [-0.25, -0.2) is 8.78 Å². The van der Waals surface area contributed by atoms with Crippen molar-refractivity contribution in [2.75, 3.05) is 0 Å². The first-order valence-electron chi connectivity index (χ1n) is 5.68. The zero-order valence-corrected chi connectivity index (χ0v) is 9.34. The van der Waals surface area contributed by atoms with Gasteiger partial charge in [0.05, 0.1) is 5.60 Å². The number of hydrogen-bond donors (Lipinski definition) is 1. The summed E-state index contributed by atoms with van der Waals surface area (Å²) in [7, 11) is 0. The highest BCUT2D eigenvalue weighted by Gasteiger charge is 2.39. The topological polar surface area (TPSA) is 20.2 Å². The standard InChI is InChI=1S/C13H16F2O/c1-9-4-3-7-13(9,16)8-10-11(14)5-2-6-12(10)15/h2,5-6,9,16H,3-4,7-8H2,1H3. The van der Waals surface area contributed by atoms with E-state index in [1.807, 2.05) is 6.92 Å². The molecule has 2 unspecified atom stereocenters. The molecule has 1 N–H and O–H groups in total. The molecule has 0 radical (unpaired) electrons. The molecule has 1 aromatic rings. The van der Waals surface area contributed by atoms with Crippen LogP contribution in [0.25, 0.3) is 0 Å². The van der Waals surface area contributed by atoms with Gasteiger partial charge >= 0.3 is 0 Å². The van der Waals surface area contributed by atoms with Crippen molar-refractivity contribution in [3.63, 3.8) is 0 Å². The Kier molecular flexibility index (Phi) is 2.98. The summed E-state index contributed by atoms with van der Waals surface area (Å²) in [6.07, 6.45) is 2.55. The molecule has 0 heterocycles. The lowest BCUT2D eigenvalue weighted by atomic mass is 9.85. The Morgan fingerprint density at radius 3 is 2.50 bits per heavy atom. The van der Waals surface area contributed by atoms with Gasteiger partial charge in [0.2, 0.25) is 0 Å². The molecule has 3 heteroatoms. The van der Waals surface area contributed by atoms with Crippen molar-refractivity contribution in [3.05, 3.63) is 35.4 Å². The van der Waals surface area contributed by atoms with E-state index < -0.39 is 17.2 Å². The maximum absolute atomic E-state index is 13.4. The highest BCUT2D eigenvalue weighted by molar-refractivity contribution is 5.22. The Bertz CT molecular complexity index is 371. The zero-order valence-electron chi connectivity index (χ0n) is 9.34. The Balaban J connectivity index is 2.27. The molecular formula is C13H16F2O. The number of benzene rings is 1. The molecule has 0 aromatic heterocycles. The Hall–Kier alpha value is -0.960. The van der Waals surface area contributed by atoms with Crippen LogP contribution in [0.4, 0.5) is 8.78 Å². The van der Waals surface area contributed by atoms with Gasteiger partial charge in [-0.05, 0) is 30.9 Å². The molecule has 1 aliphatic carbocycles. The average molecular weight is 226 g/mol. The molecule has 1 fully saturated rings. The van der Waals surface area contributed by atoms with Crippen molar-refractivity contribution in [3.8, 4) is 0 Å². The van der Waals surface area contributed by atoms with E-state index in [2.05, 4.69) is 0 Å². The third-order valence-electron chi connectivity index (χ3n) is 3.71. The van der Waals surface area contributed by atoms with Crippen LogP contribution in [0.5, 0.6) is 0 Å². The van der Waals surface area contributed by atoms with Gasteiger partial charge in [0.25, 0.3) is 0 Å². The molecule has 1 saturated carbocycles. The van der Waals surface area contributed by atoms with E-state index in [0.717, 1.165) is 12.8 Å². The second-order valence-corrected chi connectivity index (χ2v) is 4.77. The van der Waals surface area contributed by atoms with Crippen LogP contribution in [-0.2, 0) is 6.42 Å². The van der Waals surface area contributed by atoms with Crippen LogP contribution < -0.4 is 0 Å². The summed E-state index contributed by atoms with van der Waals surface area (Å²) in [5, 5.41) is 10.3. The van der Waals surface area contributed by atoms with Crippen molar-refractivity contribution in [2.45, 2.75) is 38.2 Å². The third-order valence-corrected chi connectivity index (χ3v) is 3.71. The molecule has 0 saturated heterocycles. The average Bonchev–Trinajstić information content (AvgIpc) is 2.54. The van der Waals surface area contributed by atoms with E-state index in [0.29, 0.717) is 6.42 Å². The lowest BCUT2D eigenvalue weighted by Crippen LogP contribution is -2.34. The van der Waals surface area contributed by atoms with Crippen LogP contribution >= 0.6 is 0 Å². The molecular weight excluding hydrogens is 210 g/mol. The maximum atomic E-state index is 13.4. The number of rotatable bonds is 2. The minimum atomic E-state index is -0.941. The monoisotopic (exact) mass is 226 g/mol. The summed E-state index contributed by atoms with van der Waals surface area (Å²) in [5.74, 6) is -1.02. The van der Waals surface area contributed by atoms with Gasteiger partial charge in [-0.3, -0.25) is 0 Å².